The van der Waals surface area contributed by atoms with Crippen molar-refractivity contribution in [1.29, 1.82) is 0 Å². The van der Waals surface area contributed by atoms with Crippen LogP contribution in [0, 0.1) is 11.7 Å². The van der Waals surface area contributed by atoms with Gasteiger partial charge in [0.1, 0.15) is 5.82 Å². The van der Waals surface area contributed by atoms with Crippen LogP contribution in [-0.4, -0.2) is 0 Å². The summed E-state index contributed by atoms with van der Waals surface area (Å²) in [6, 6.07) is 4.88. The number of hydrogen-bond donors (Lipinski definition) is 1. The minimum atomic E-state index is -0.249. The molecule has 0 bridgehead atoms. The summed E-state index contributed by atoms with van der Waals surface area (Å²) in [6.45, 7) is 4.15. The minimum absolute atomic E-state index is 0.106. The zero-order valence-electron chi connectivity index (χ0n) is 8.43. The van der Waals surface area contributed by atoms with Crippen LogP contribution in [0.1, 0.15) is 31.9 Å². The van der Waals surface area contributed by atoms with Crippen molar-refractivity contribution in [3.8, 4) is 0 Å². The largest absolute Gasteiger partial charge is 0.324 e. The average Bonchev–Trinajstić information content (AvgIpc) is 2.20. The molecule has 3 heteroatoms. The van der Waals surface area contributed by atoms with Gasteiger partial charge in [0.25, 0.3) is 0 Å². The molecule has 0 amide bonds. The maximum atomic E-state index is 13.2. The van der Waals surface area contributed by atoms with Gasteiger partial charge in [-0.05, 0) is 33.5 Å². The van der Waals surface area contributed by atoms with Crippen molar-refractivity contribution in [2.75, 3.05) is 0 Å². The van der Waals surface area contributed by atoms with Crippen molar-refractivity contribution in [2.24, 2.45) is 11.7 Å². The first-order chi connectivity index (χ1) is 6.57. The van der Waals surface area contributed by atoms with Crippen LogP contribution < -0.4 is 5.73 Å². The SMILES string of the molecule is CCC(C)[C@@H](N)c1cccc(F)c1Br. The van der Waals surface area contributed by atoms with Crippen LogP contribution in [0.15, 0.2) is 22.7 Å². The van der Waals surface area contributed by atoms with Gasteiger partial charge < -0.3 is 5.73 Å². The molecule has 1 rings (SSSR count). The molecule has 1 aromatic rings. The molecule has 2 atom stereocenters. The summed E-state index contributed by atoms with van der Waals surface area (Å²) in [5.41, 5.74) is 6.87. The van der Waals surface area contributed by atoms with Crippen LogP contribution in [0.5, 0.6) is 0 Å². The highest BCUT2D eigenvalue weighted by molar-refractivity contribution is 9.10. The molecule has 1 aromatic carbocycles. The predicted octanol–water partition coefficient (Wildman–Crippen LogP) is 3.63. The van der Waals surface area contributed by atoms with E-state index in [9.17, 15) is 4.39 Å². The van der Waals surface area contributed by atoms with Crippen LogP contribution in [0.4, 0.5) is 4.39 Å². The first-order valence-electron chi connectivity index (χ1n) is 4.77. The van der Waals surface area contributed by atoms with Gasteiger partial charge in [0.15, 0.2) is 0 Å². The summed E-state index contributed by atoms with van der Waals surface area (Å²) in [5.74, 6) is 0.106. The van der Waals surface area contributed by atoms with E-state index in [0.717, 1.165) is 12.0 Å². The van der Waals surface area contributed by atoms with Gasteiger partial charge in [-0.25, -0.2) is 4.39 Å². The van der Waals surface area contributed by atoms with Crippen molar-refractivity contribution in [2.45, 2.75) is 26.3 Å². The summed E-state index contributed by atoms with van der Waals surface area (Å²) >= 11 is 3.22. The summed E-state index contributed by atoms with van der Waals surface area (Å²) in [7, 11) is 0. The van der Waals surface area contributed by atoms with E-state index in [2.05, 4.69) is 29.8 Å². The molecule has 0 aliphatic carbocycles. The third-order valence-electron chi connectivity index (χ3n) is 2.60. The van der Waals surface area contributed by atoms with Gasteiger partial charge in [0.2, 0.25) is 0 Å². The molecule has 0 fully saturated rings. The van der Waals surface area contributed by atoms with Gasteiger partial charge >= 0.3 is 0 Å². The maximum Gasteiger partial charge on any atom is 0.137 e. The van der Waals surface area contributed by atoms with E-state index in [1.165, 1.54) is 6.07 Å². The molecule has 0 heterocycles. The summed E-state index contributed by atoms with van der Waals surface area (Å²) in [5, 5.41) is 0. The Bertz CT molecular complexity index is 314. The number of rotatable bonds is 3. The minimum Gasteiger partial charge on any atom is -0.324 e. The Labute approximate surface area is 92.6 Å². The molecule has 0 saturated carbocycles. The number of halogens is 2. The highest BCUT2D eigenvalue weighted by Gasteiger charge is 2.17. The fraction of sp³-hybridized carbons (Fsp3) is 0.455. The first kappa shape index (κ1) is 11.7. The van der Waals surface area contributed by atoms with E-state index < -0.39 is 0 Å². The van der Waals surface area contributed by atoms with E-state index in [0.29, 0.717) is 10.4 Å². The van der Waals surface area contributed by atoms with Gasteiger partial charge in [-0.15, -0.1) is 0 Å². The fourth-order valence-corrected chi connectivity index (χ4v) is 1.87. The predicted molar refractivity (Wildman–Crippen MR) is 60.5 cm³/mol. The molecule has 78 valence electrons. The Kier molecular flexibility index (Phi) is 4.08. The Balaban J connectivity index is 3.01. The van der Waals surface area contributed by atoms with Crippen LogP contribution in [-0.2, 0) is 0 Å². The molecule has 0 spiro atoms. The lowest BCUT2D eigenvalue weighted by Gasteiger charge is -2.20. The fourth-order valence-electron chi connectivity index (χ4n) is 1.34. The zero-order valence-corrected chi connectivity index (χ0v) is 10.0. The van der Waals surface area contributed by atoms with Crippen LogP contribution in [0.25, 0.3) is 0 Å². The maximum absolute atomic E-state index is 13.2. The lowest BCUT2D eigenvalue weighted by molar-refractivity contribution is 0.453. The highest BCUT2D eigenvalue weighted by atomic mass is 79.9. The second-order valence-electron chi connectivity index (χ2n) is 3.55. The van der Waals surface area contributed by atoms with Crippen molar-refractivity contribution in [1.82, 2.24) is 0 Å². The third kappa shape index (κ3) is 2.34. The molecule has 1 unspecified atom stereocenters. The van der Waals surface area contributed by atoms with E-state index in [4.69, 9.17) is 5.73 Å². The smallest absolute Gasteiger partial charge is 0.137 e. The second kappa shape index (κ2) is 4.89. The molecule has 2 N–H and O–H groups in total. The monoisotopic (exact) mass is 259 g/mol. The number of benzene rings is 1. The molecule has 0 aliphatic rings. The number of nitrogens with two attached hydrogens (primary N) is 1. The zero-order chi connectivity index (χ0) is 10.7. The second-order valence-corrected chi connectivity index (χ2v) is 4.35. The van der Waals surface area contributed by atoms with Crippen molar-refractivity contribution >= 4 is 15.9 Å². The first-order valence-corrected chi connectivity index (χ1v) is 5.56. The molecule has 0 saturated heterocycles. The van der Waals surface area contributed by atoms with Gasteiger partial charge in [-0.3, -0.25) is 0 Å². The Morgan fingerprint density at radius 3 is 2.71 bits per heavy atom. The molecular formula is C11H15BrFN. The van der Waals surface area contributed by atoms with Gasteiger partial charge in [0, 0.05) is 6.04 Å². The van der Waals surface area contributed by atoms with E-state index in [1.54, 1.807) is 6.07 Å². The normalized spacial score (nSPS) is 15.2. The topological polar surface area (TPSA) is 26.0 Å². The highest BCUT2D eigenvalue weighted by Crippen LogP contribution is 2.29. The Hall–Kier alpha value is -0.410. The van der Waals surface area contributed by atoms with E-state index in [1.807, 2.05) is 6.07 Å². The molecule has 14 heavy (non-hydrogen) atoms. The lowest BCUT2D eigenvalue weighted by Crippen LogP contribution is -2.19. The van der Waals surface area contributed by atoms with Crippen molar-refractivity contribution in [3.05, 3.63) is 34.1 Å². The standard InChI is InChI=1S/C11H15BrFN/c1-3-7(2)11(14)8-5-4-6-9(13)10(8)12/h4-7,11H,3,14H2,1-2H3/t7?,11-/m1/s1. The van der Waals surface area contributed by atoms with Crippen LogP contribution in [0.3, 0.4) is 0 Å². The Morgan fingerprint density at radius 1 is 1.50 bits per heavy atom. The van der Waals surface area contributed by atoms with Gasteiger partial charge in [-0.2, -0.15) is 0 Å². The van der Waals surface area contributed by atoms with E-state index >= 15 is 0 Å². The van der Waals surface area contributed by atoms with Crippen LogP contribution >= 0.6 is 15.9 Å². The van der Waals surface area contributed by atoms with Crippen LogP contribution in [0.2, 0.25) is 0 Å². The molecule has 0 aromatic heterocycles. The summed E-state index contributed by atoms with van der Waals surface area (Å²) in [4.78, 5) is 0. The van der Waals surface area contributed by atoms with E-state index in [-0.39, 0.29) is 11.9 Å². The Morgan fingerprint density at radius 2 is 2.14 bits per heavy atom. The van der Waals surface area contributed by atoms with Gasteiger partial charge in [0.05, 0.1) is 4.47 Å². The van der Waals surface area contributed by atoms with Gasteiger partial charge in [-0.1, -0.05) is 32.4 Å². The third-order valence-corrected chi connectivity index (χ3v) is 3.43. The molecule has 0 aliphatic heterocycles. The number of hydrogen-bond acceptors (Lipinski definition) is 1. The van der Waals surface area contributed by atoms with Crippen molar-refractivity contribution < 1.29 is 4.39 Å². The lowest BCUT2D eigenvalue weighted by atomic mass is 9.93. The summed E-state index contributed by atoms with van der Waals surface area (Å²) < 4.78 is 13.7. The average molecular weight is 260 g/mol. The summed E-state index contributed by atoms with van der Waals surface area (Å²) in [6.07, 6.45) is 0.990. The molecule has 1 nitrogen and oxygen atoms in total. The van der Waals surface area contributed by atoms with Crippen molar-refractivity contribution in [3.63, 3.8) is 0 Å². The molecular weight excluding hydrogens is 245 g/mol. The quantitative estimate of drug-likeness (QED) is 0.882. The molecule has 0 radical (unpaired) electrons.